The molecule has 4 heteroatoms. The van der Waals surface area contributed by atoms with Gasteiger partial charge in [0.05, 0.1) is 23.7 Å². The number of aryl methyl sites for hydroxylation is 1. The summed E-state index contributed by atoms with van der Waals surface area (Å²) in [5.74, 6) is 0. The number of fused-ring (bicyclic) bond motifs is 1. The van der Waals surface area contributed by atoms with Crippen molar-refractivity contribution in [2.45, 2.75) is 19.6 Å². The number of para-hydroxylation sites is 2. The Morgan fingerprint density at radius 3 is 2.53 bits per heavy atom. The Balaban J connectivity index is 2.72. The average molecular weight is 205 g/mol. The molecule has 80 valence electrons. The van der Waals surface area contributed by atoms with Gasteiger partial charge >= 0.3 is 0 Å². The van der Waals surface area contributed by atoms with Gasteiger partial charge in [0.15, 0.2) is 0 Å². The SMILES string of the molecule is C[C@@H](O)Cn1c(=N)n(C)c2ccccc21. The molecule has 0 saturated carbocycles. The summed E-state index contributed by atoms with van der Waals surface area (Å²) in [5, 5.41) is 17.3. The van der Waals surface area contributed by atoms with E-state index >= 15 is 0 Å². The first-order chi connectivity index (χ1) is 7.11. The number of hydrogen-bond acceptors (Lipinski definition) is 2. The number of rotatable bonds is 2. The van der Waals surface area contributed by atoms with E-state index in [4.69, 9.17) is 5.41 Å². The van der Waals surface area contributed by atoms with Crippen molar-refractivity contribution >= 4 is 11.0 Å². The number of aliphatic hydroxyl groups is 1. The molecule has 1 aromatic carbocycles. The molecule has 0 fully saturated rings. The van der Waals surface area contributed by atoms with Crippen molar-refractivity contribution in [3.05, 3.63) is 29.9 Å². The van der Waals surface area contributed by atoms with Gasteiger partial charge in [-0.1, -0.05) is 12.1 Å². The number of aliphatic hydroxyl groups excluding tert-OH is 1. The molecular formula is C11H15N3O. The zero-order valence-corrected chi connectivity index (χ0v) is 8.94. The Bertz CT molecular complexity index is 536. The van der Waals surface area contributed by atoms with E-state index in [9.17, 15) is 5.11 Å². The van der Waals surface area contributed by atoms with Crippen molar-refractivity contribution in [3.8, 4) is 0 Å². The summed E-state index contributed by atoms with van der Waals surface area (Å²) in [5.41, 5.74) is 2.42. The molecule has 0 aliphatic rings. The molecule has 0 bridgehead atoms. The average Bonchev–Trinajstić information content (AvgIpc) is 2.44. The van der Waals surface area contributed by atoms with E-state index in [-0.39, 0.29) is 0 Å². The fraction of sp³-hybridized carbons (Fsp3) is 0.364. The Hall–Kier alpha value is -1.55. The zero-order chi connectivity index (χ0) is 11.0. The molecule has 0 amide bonds. The summed E-state index contributed by atoms with van der Waals surface area (Å²) in [4.78, 5) is 0. The highest BCUT2D eigenvalue weighted by molar-refractivity contribution is 5.75. The summed E-state index contributed by atoms with van der Waals surface area (Å²) in [6.45, 7) is 2.19. The van der Waals surface area contributed by atoms with E-state index in [0.717, 1.165) is 11.0 Å². The highest BCUT2D eigenvalue weighted by Crippen LogP contribution is 2.11. The normalized spacial score (nSPS) is 13.3. The van der Waals surface area contributed by atoms with Crippen molar-refractivity contribution < 1.29 is 5.11 Å². The minimum atomic E-state index is -0.440. The molecule has 15 heavy (non-hydrogen) atoms. The third-order valence-corrected chi connectivity index (χ3v) is 2.55. The maximum absolute atomic E-state index is 9.39. The summed E-state index contributed by atoms with van der Waals surface area (Å²) < 4.78 is 3.64. The minimum Gasteiger partial charge on any atom is -0.392 e. The van der Waals surface area contributed by atoms with Gasteiger partial charge in [-0.2, -0.15) is 0 Å². The van der Waals surface area contributed by atoms with Crippen LogP contribution in [0.2, 0.25) is 0 Å². The highest BCUT2D eigenvalue weighted by atomic mass is 16.3. The Morgan fingerprint density at radius 2 is 1.93 bits per heavy atom. The monoisotopic (exact) mass is 205 g/mol. The lowest BCUT2D eigenvalue weighted by atomic mass is 10.3. The molecular weight excluding hydrogens is 190 g/mol. The molecule has 0 unspecified atom stereocenters. The number of hydrogen-bond donors (Lipinski definition) is 2. The van der Waals surface area contributed by atoms with Crippen LogP contribution in [0.3, 0.4) is 0 Å². The Labute approximate surface area is 87.9 Å². The summed E-state index contributed by atoms with van der Waals surface area (Å²) in [6, 6.07) is 7.84. The largest absolute Gasteiger partial charge is 0.392 e. The fourth-order valence-corrected chi connectivity index (χ4v) is 1.83. The Kier molecular flexibility index (Phi) is 2.36. The molecule has 0 aliphatic heterocycles. The Morgan fingerprint density at radius 1 is 1.33 bits per heavy atom. The zero-order valence-electron chi connectivity index (χ0n) is 8.94. The summed E-state index contributed by atoms with van der Waals surface area (Å²) >= 11 is 0. The lowest BCUT2D eigenvalue weighted by Gasteiger charge is -2.06. The van der Waals surface area contributed by atoms with Crippen molar-refractivity contribution in [2.24, 2.45) is 7.05 Å². The van der Waals surface area contributed by atoms with Crippen molar-refractivity contribution in [1.82, 2.24) is 9.13 Å². The molecule has 2 N–H and O–H groups in total. The number of nitrogens with zero attached hydrogens (tertiary/aromatic N) is 2. The molecule has 0 saturated heterocycles. The lowest BCUT2D eigenvalue weighted by molar-refractivity contribution is 0.173. The van der Waals surface area contributed by atoms with Gasteiger partial charge in [0.2, 0.25) is 5.62 Å². The van der Waals surface area contributed by atoms with Crippen LogP contribution in [-0.2, 0) is 13.6 Å². The third-order valence-electron chi connectivity index (χ3n) is 2.55. The molecule has 1 atom stereocenters. The first-order valence-corrected chi connectivity index (χ1v) is 4.98. The van der Waals surface area contributed by atoms with Crippen molar-refractivity contribution in [3.63, 3.8) is 0 Å². The van der Waals surface area contributed by atoms with Crippen molar-refractivity contribution in [2.75, 3.05) is 0 Å². The van der Waals surface area contributed by atoms with Crippen LogP contribution in [0.4, 0.5) is 0 Å². The topological polar surface area (TPSA) is 53.9 Å². The smallest absolute Gasteiger partial charge is 0.202 e. The van der Waals surface area contributed by atoms with Crippen LogP contribution in [-0.4, -0.2) is 20.3 Å². The number of imidazole rings is 1. The lowest BCUT2D eigenvalue weighted by Crippen LogP contribution is -2.26. The second kappa shape index (κ2) is 3.55. The predicted octanol–water partition coefficient (Wildman–Crippen LogP) is 0.840. The maximum Gasteiger partial charge on any atom is 0.202 e. The van der Waals surface area contributed by atoms with Gasteiger partial charge in [-0.25, -0.2) is 0 Å². The summed E-state index contributed by atoms with van der Waals surface area (Å²) in [7, 11) is 1.86. The van der Waals surface area contributed by atoms with E-state index in [0.29, 0.717) is 12.2 Å². The molecule has 0 radical (unpaired) electrons. The quantitative estimate of drug-likeness (QED) is 0.750. The second-order valence-corrected chi connectivity index (χ2v) is 3.83. The van der Waals surface area contributed by atoms with E-state index in [1.54, 1.807) is 6.92 Å². The van der Waals surface area contributed by atoms with Crippen LogP contribution in [0.5, 0.6) is 0 Å². The molecule has 0 spiro atoms. The van der Waals surface area contributed by atoms with E-state index in [1.165, 1.54) is 0 Å². The molecule has 1 heterocycles. The van der Waals surface area contributed by atoms with Gasteiger partial charge < -0.3 is 14.2 Å². The van der Waals surface area contributed by atoms with Gasteiger partial charge in [-0.05, 0) is 19.1 Å². The molecule has 4 nitrogen and oxygen atoms in total. The van der Waals surface area contributed by atoms with Gasteiger partial charge in [0.1, 0.15) is 0 Å². The fourth-order valence-electron chi connectivity index (χ4n) is 1.83. The standard InChI is InChI=1S/C11H15N3O/c1-8(15)7-14-10-6-4-3-5-9(10)13(2)11(14)12/h3-6,8,12,15H,7H2,1-2H3/t8-/m1/s1. The van der Waals surface area contributed by atoms with Crippen molar-refractivity contribution in [1.29, 1.82) is 5.41 Å². The molecule has 0 aliphatic carbocycles. The van der Waals surface area contributed by atoms with Crippen LogP contribution in [0, 0.1) is 5.41 Å². The first kappa shape index (κ1) is 9.98. The molecule has 1 aromatic heterocycles. The van der Waals surface area contributed by atoms with Crippen LogP contribution < -0.4 is 5.62 Å². The van der Waals surface area contributed by atoms with Crippen LogP contribution in [0.15, 0.2) is 24.3 Å². The highest BCUT2D eigenvalue weighted by Gasteiger charge is 2.08. The van der Waals surface area contributed by atoms with Crippen LogP contribution in [0.25, 0.3) is 11.0 Å². The van der Waals surface area contributed by atoms with Gasteiger partial charge in [0.25, 0.3) is 0 Å². The summed E-state index contributed by atoms with van der Waals surface area (Å²) in [6.07, 6.45) is -0.440. The van der Waals surface area contributed by atoms with Gasteiger partial charge in [0, 0.05) is 7.05 Å². The van der Waals surface area contributed by atoms with Gasteiger partial charge in [-0.15, -0.1) is 0 Å². The number of benzene rings is 1. The number of aromatic nitrogens is 2. The maximum atomic E-state index is 9.39. The molecule has 2 aromatic rings. The van der Waals surface area contributed by atoms with E-state index < -0.39 is 6.10 Å². The van der Waals surface area contributed by atoms with E-state index in [1.807, 2.05) is 40.4 Å². The predicted molar refractivity (Wildman–Crippen MR) is 58.4 cm³/mol. The van der Waals surface area contributed by atoms with Gasteiger partial charge in [-0.3, -0.25) is 5.41 Å². The van der Waals surface area contributed by atoms with Crippen LogP contribution in [0.1, 0.15) is 6.92 Å². The van der Waals surface area contributed by atoms with E-state index in [2.05, 4.69) is 0 Å². The van der Waals surface area contributed by atoms with Crippen LogP contribution >= 0.6 is 0 Å². The second-order valence-electron chi connectivity index (χ2n) is 3.83. The number of nitrogens with one attached hydrogen (secondary N) is 1. The first-order valence-electron chi connectivity index (χ1n) is 4.98. The third kappa shape index (κ3) is 1.57. The molecule has 2 rings (SSSR count). The minimum absolute atomic E-state index is 0.414.